The van der Waals surface area contributed by atoms with Crippen molar-refractivity contribution in [3.05, 3.63) is 175 Å². The van der Waals surface area contributed by atoms with Crippen LogP contribution in [0.25, 0.3) is 0 Å². The Morgan fingerprint density at radius 3 is 0.362 bits per heavy atom. The van der Waals surface area contributed by atoms with Crippen LogP contribution < -0.4 is 42.4 Å². The van der Waals surface area contributed by atoms with Crippen LogP contribution in [0, 0.1) is 175 Å². The first-order valence-electron chi connectivity index (χ1n) is 22.4. The van der Waals surface area contributed by atoms with Crippen molar-refractivity contribution >= 4 is 45.3 Å². The smallest absolute Gasteiger partial charge is 0.307 e. The normalized spacial score (nSPS) is 14.8. The molecule has 0 spiro atoms. The maximum absolute atomic E-state index is 15.4. The first-order chi connectivity index (χ1) is 37.3. The van der Waals surface area contributed by atoms with Crippen molar-refractivity contribution in [3.8, 4) is 0 Å². The minimum absolute atomic E-state index is 0.168. The molecule has 6 aromatic rings. The predicted octanol–water partition coefficient (Wildman–Crippen LogP) is 7.62. The van der Waals surface area contributed by atoms with E-state index in [4.69, 9.17) is 0 Å². The van der Waals surface area contributed by atoms with Gasteiger partial charge >= 0.3 is 12.6 Å². The van der Waals surface area contributed by atoms with Crippen molar-refractivity contribution in [2.24, 2.45) is 0 Å². The molecular formula is C46H22B2F30N2. The van der Waals surface area contributed by atoms with Gasteiger partial charge in [-0.05, 0) is 38.5 Å². The Labute approximate surface area is 425 Å². The Hall–Kier alpha value is -6.73. The molecule has 80 heavy (non-hydrogen) atoms. The quantitative estimate of drug-likeness (QED) is 0.0673. The van der Waals surface area contributed by atoms with Crippen LogP contribution in [0.4, 0.5) is 132 Å². The van der Waals surface area contributed by atoms with Gasteiger partial charge in [0.15, 0.2) is 105 Å². The summed E-state index contributed by atoms with van der Waals surface area (Å²) in [5, 5.41) is 0. The van der Waals surface area contributed by atoms with E-state index in [1.54, 1.807) is 0 Å². The van der Waals surface area contributed by atoms with Gasteiger partial charge in [-0.3, -0.25) is 0 Å². The largest absolute Gasteiger partial charge is 0.514 e. The minimum Gasteiger partial charge on any atom is -0.514 e. The van der Waals surface area contributed by atoms with Crippen molar-refractivity contribution in [1.82, 2.24) is 0 Å². The van der Waals surface area contributed by atoms with Gasteiger partial charge in [0.25, 0.3) is 0 Å². The fourth-order valence-corrected chi connectivity index (χ4v) is 11.0. The second-order valence-corrected chi connectivity index (χ2v) is 18.1. The summed E-state index contributed by atoms with van der Waals surface area (Å²) in [5.41, 5.74) is -15.3. The van der Waals surface area contributed by atoms with E-state index in [-0.39, 0.29) is 38.5 Å². The number of piperidine rings is 2. The fraction of sp³-hybridized carbons (Fsp3) is 0.217. The van der Waals surface area contributed by atoms with E-state index in [0.717, 1.165) is 0 Å². The maximum Gasteiger partial charge on any atom is 0.307 e. The molecule has 0 unspecified atom stereocenters. The van der Waals surface area contributed by atoms with E-state index in [2.05, 4.69) is 0 Å². The van der Waals surface area contributed by atoms with Crippen molar-refractivity contribution in [1.29, 1.82) is 0 Å². The van der Waals surface area contributed by atoms with Gasteiger partial charge in [0.05, 0.1) is 0 Å². The number of halogens is 30. The van der Waals surface area contributed by atoms with Gasteiger partial charge in [0.1, 0.15) is 69.8 Å². The summed E-state index contributed by atoms with van der Waals surface area (Å²) in [5.74, 6) is -89.1. The number of hydrogen-bond donors (Lipinski definition) is 2. The van der Waals surface area contributed by atoms with Gasteiger partial charge in [-0.1, -0.05) is 32.8 Å². The molecule has 0 amide bonds. The lowest BCUT2D eigenvalue weighted by Crippen LogP contribution is -3.30. The molecule has 0 radical (unpaired) electrons. The van der Waals surface area contributed by atoms with Crippen LogP contribution >= 0.6 is 0 Å². The van der Waals surface area contributed by atoms with Crippen LogP contribution in [0.3, 0.4) is 0 Å². The predicted molar refractivity (Wildman–Crippen MR) is 216 cm³/mol. The summed E-state index contributed by atoms with van der Waals surface area (Å²) in [6.45, 7) is -3.12. The molecule has 2 N–H and O–H groups in total. The summed E-state index contributed by atoms with van der Waals surface area (Å²) >= 11 is 0. The van der Waals surface area contributed by atoms with Crippen LogP contribution in [0.1, 0.15) is 38.5 Å². The second kappa shape index (κ2) is 22.0. The molecule has 432 valence electrons. The molecule has 0 aromatic heterocycles. The molecule has 34 heteroatoms. The third-order valence-electron chi connectivity index (χ3n) is 14.3. The van der Waals surface area contributed by atoms with Crippen molar-refractivity contribution in [3.63, 3.8) is 0 Å². The monoisotopic (exact) mass is 1190 g/mol. The molecule has 2 saturated heterocycles. The third kappa shape index (κ3) is 8.69. The summed E-state index contributed by atoms with van der Waals surface area (Å²) in [4.78, 5) is -2.00. The minimum atomic E-state index is -5.52. The van der Waals surface area contributed by atoms with Gasteiger partial charge in [-0.2, -0.15) is 0 Å². The first-order valence-corrected chi connectivity index (χ1v) is 22.4. The maximum atomic E-state index is 15.4. The summed E-state index contributed by atoms with van der Waals surface area (Å²) < 4.78 is 441. The summed E-state index contributed by atoms with van der Waals surface area (Å²) in [6, 6.07) is 0. The lowest BCUT2D eigenvalue weighted by Gasteiger charge is -2.50. The number of benzene rings is 6. The van der Waals surface area contributed by atoms with Crippen molar-refractivity contribution in [2.45, 2.75) is 38.5 Å². The average Bonchev–Trinajstić information content (AvgIpc) is 3.47. The molecule has 2 fully saturated rings. The van der Waals surface area contributed by atoms with Crippen LogP contribution in [0.2, 0.25) is 0 Å². The Balaban J connectivity index is 0.000000231. The molecular weight excluding hydrogens is 1170 g/mol. The molecule has 0 bridgehead atoms. The Bertz CT molecular complexity index is 2820. The number of hydrogen-bond acceptors (Lipinski definition) is 0. The fourth-order valence-electron chi connectivity index (χ4n) is 11.0. The highest BCUT2D eigenvalue weighted by Gasteiger charge is 2.58. The molecule has 2 aliphatic rings. The van der Waals surface area contributed by atoms with E-state index >= 15 is 52.7 Å². The SMILES string of the molecule is Fc1c(F)c(F)c([B-](c2c(F)c(F)c(F)c(F)c2F)(c2c(F)c(F)c(F)c(F)c2F)[NH+]2CCCCC2)c(F)c1F.Fc1c(F)c(F)c([B-](c2c(F)c(F)c(F)c(F)c2F)(c2c(F)c(F)c(F)c(F)c2F)[NH+]2CCCCC2)c(F)c1F. The molecule has 8 rings (SSSR count). The molecule has 0 aliphatic carbocycles. The second-order valence-electron chi connectivity index (χ2n) is 18.1. The lowest BCUT2D eigenvalue weighted by atomic mass is 9.22. The zero-order valence-electron chi connectivity index (χ0n) is 38.6. The highest BCUT2D eigenvalue weighted by molar-refractivity contribution is 7.06. The van der Waals surface area contributed by atoms with Crippen LogP contribution in [-0.4, -0.2) is 38.7 Å². The van der Waals surface area contributed by atoms with E-state index in [1.165, 1.54) is 0 Å². The van der Waals surface area contributed by atoms with E-state index in [0.29, 0.717) is 0 Å². The number of quaternary nitrogens is 2. The van der Waals surface area contributed by atoms with Gasteiger partial charge in [-0.25, -0.2) is 132 Å². The van der Waals surface area contributed by atoms with Crippen LogP contribution in [0.15, 0.2) is 0 Å². The zero-order valence-corrected chi connectivity index (χ0v) is 38.6. The van der Waals surface area contributed by atoms with Gasteiger partial charge < -0.3 is 9.62 Å². The van der Waals surface area contributed by atoms with Crippen LogP contribution in [-0.2, 0) is 0 Å². The first kappa shape index (κ1) is 60.9. The third-order valence-corrected chi connectivity index (χ3v) is 14.3. The number of nitrogens with one attached hydrogen (secondary N) is 2. The van der Waals surface area contributed by atoms with Gasteiger partial charge in [-0.15, -0.1) is 0 Å². The summed E-state index contributed by atoms with van der Waals surface area (Å²) in [6.07, 6.45) is -11.5. The van der Waals surface area contributed by atoms with E-state index < -0.39 is 256 Å². The van der Waals surface area contributed by atoms with Crippen molar-refractivity contribution < 1.29 is 141 Å². The number of rotatable bonds is 8. The Morgan fingerprint density at radius 2 is 0.250 bits per heavy atom. The van der Waals surface area contributed by atoms with Crippen LogP contribution in [0.5, 0.6) is 0 Å². The molecule has 2 heterocycles. The molecule has 6 aromatic carbocycles. The topological polar surface area (TPSA) is 8.88 Å². The lowest BCUT2D eigenvalue weighted by molar-refractivity contribution is -0.798. The molecule has 0 atom stereocenters. The highest BCUT2D eigenvalue weighted by atomic mass is 19.2. The Morgan fingerprint density at radius 1 is 0.150 bits per heavy atom. The molecule has 2 nitrogen and oxygen atoms in total. The zero-order chi connectivity index (χ0) is 60.0. The average molecular weight is 1190 g/mol. The van der Waals surface area contributed by atoms with E-state index in [9.17, 15) is 79.0 Å². The Kier molecular flexibility index (Phi) is 16.7. The molecule has 0 saturated carbocycles. The standard InChI is InChI=1S/2C23H11BF15N/c2*25-9-6(10(26)16(32)21(37)15(9)31)24(40-4-2-1-3-5-40,7-11(27)17(33)22(38)18(34)12(7)28)8-13(29)19(35)23(39)20(36)14(8)30/h2*40H,1-5H2. The molecule has 2 aliphatic heterocycles. The van der Waals surface area contributed by atoms with Gasteiger partial charge in [0, 0.05) is 26.2 Å². The van der Waals surface area contributed by atoms with Gasteiger partial charge in [0.2, 0.25) is 0 Å². The van der Waals surface area contributed by atoms with E-state index in [1.807, 2.05) is 0 Å². The van der Waals surface area contributed by atoms with Crippen molar-refractivity contribution in [2.75, 3.05) is 26.2 Å². The highest BCUT2D eigenvalue weighted by Crippen LogP contribution is 2.30. The summed E-state index contributed by atoms with van der Waals surface area (Å²) in [7, 11) is 0.